The van der Waals surface area contributed by atoms with Crippen molar-refractivity contribution in [2.75, 3.05) is 4.90 Å². The van der Waals surface area contributed by atoms with Gasteiger partial charge in [-0.25, -0.2) is 4.39 Å². The highest BCUT2D eigenvalue weighted by Crippen LogP contribution is 2.49. The fourth-order valence-corrected chi connectivity index (χ4v) is 5.14. The van der Waals surface area contributed by atoms with Crippen LogP contribution in [0.1, 0.15) is 36.1 Å². The molecule has 4 rings (SSSR count). The van der Waals surface area contributed by atoms with E-state index in [1.807, 2.05) is 30.3 Å². The zero-order chi connectivity index (χ0) is 22.0. The molecule has 1 heterocycles. The van der Waals surface area contributed by atoms with Crippen LogP contribution in [0.3, 0.4) is 0 Å². The zero-order valence-electron chi connectivity index (χ0n) is 16.6. The molecule has 3 N–H and O–H groups in total. The van der Waals surface area contributed by atoms with Gasteiger partial charge in [0, 0.05) is 22.6 Å². The number of aliphatic hydroxyl groups excluding tert-OH is 1. The molecule has 7 heteroatoms. The summed E-state index contributed by atoms with van der Waals surface area (Å²) in [6.07, 6.45) is 0.0637. The summed E-state index contributed by atoms with van der Waals surface area (Å²) in [6, 6.07) is 18.8. The van der Waals surface area contributed by atoms with Crippen LogP contribution in [-0.4, -0.2) is 25.8 Å². The van der Waals surface area contributed by atoms with E-state index in [2.05, 4.69) is 0 Å². The molecule has 31 heavy (non-hydrogen) atoms. The first-order chi connectivity index (χ1) is 14.9. The highest BCUT2D eigenvalue weighted by molar-refractivity contribution is 8.14. The maximum Gasteiger partial charge on any atom is 0.287 e. The minimum atomic E-state index is -0.795. The molecule has 0 unspecified atom stereocenters. The average Bonchev–Trinajstić information content (AvgIpc) is 3.09. The lowest BCUT2D eigenvalue weighted by atomic mass is 9.95. The van der Waals surface area contributed by atoms with E-state index in [1.54, 1.807) is 23.1 Å². The molecule has 0 saturated carbocycles. The van der Waals surface area contributed by atoms with Crippen LogP contribution in [0.15, 0.2) is 72.8 Å². The normalized spacial score (nSPS) is 19.5. The van der Waals surface area contributed by atoms with Gasteiger partial charge >= 0.3 is 0 Å². The van der Waals surface area contributed by atoms with E-state index < -0.39 is 12.1 Å². The first-order valence-corrected chi connectivity index (χ1v) is 10.8. The summed E-state index contributed by atoms with van der Waals surface area (Å²) in [4.78, 5) is 14.6. The molecule has 1 saturated heterocycles. The van der Waals surface area contributed by atoms with Crippen LogP contribution in [0, 0.1) is 5.82 Å². The van der Waals surface area contributed by atoms with Crippen molar-refractivity contribution in [2.24, 2.45) is 0 Å². The fraction of sp³-hybridized carbons (Fsp3) is 0.208. The topological polar surface area (TPSA) is 81.0 Å². The van der Waals surface area contributed by atoms with Crippen LogP contribution in [0.2, 0.25) is 0 Å². The van der Waals surface area contributed by atoms with Crippen molar-refractivity contribution < 1.29 is 24.5 Å². The van der Waals surface area contributed by atoms with Crippen molar-refractivity contribution in [3.8, 4) is 11.5 Å². The number of carbonyl (C=O) groups is 1. The van der Waals surface area contributed by atoms with Crippen LogP contribution < -0.4 is 4.90 Å². The monoisotopic (exact) mass is 439 g/mol. The van der Waals surface area contributed by atoms with Gasteiger partial charge in [-0.1, -0.05) is 42.1 Å². The second-order valence-corrected chi connectivity index (χ2v) is 8.65. The summed E-state index contributed by atoms with van der Waals surface area (Å²) in [5.74, 6) is -0.521. The third-order valence-electron chi connectivity index (χ3n) is 5.43. The van der Waals surface area contributed by atoms with E-state index in [9.17, 15) is 24.5 Å². The van der Waals surface area contributed by atoms with Crippen molar-refractivity contribution in [1.29, 1.82) is 0 Å². The Balaban J connectivity index is 1.62. The van der Waals surface area contributed by atoms with E-state index in [0.717, 1.165) is 0 Å². The molecule has 0 aliphatic carbocycles. The maximum atomic E-state index is 13.2. The summed E-state index contributed by atoms with van der Waals surface area (Å²) < 4.78 is 13.2. The Morgan fingerprint density at radius 1 is 1.00 bits per heavy atom. The van der Waals surface area contributed by atoms with E-state index >= 15 is 0 Å². The van der Waals surface area contributed by atoms with Crippen molar-refractivity contribution in [1.82, 2.24) is 0 Å². The molecule has 160 valence electrons. The summed E-state index contributed by atoms with van der Waals surface area (Å²) in [7, 11) is 0. The molecule has 0 radical (unpaired) electrons. The predicted octanol–water partition coefficient (Wildman–Crippen LogP) is 5.53. The maximum absolute atomic E-state index is 13.2. The van der Waals surface area contributed by atoms with Gasteiger partial charge in [-0.3, -0.25) is 9.69 Å². The molecule has 1 fully saturated rings. The largest absolute Gasteiger partial charge is 0.508 e. The van der Waals surface area contributed by atoms with Crippen LogP contribution in [0.5, 0.6) is 11.5 Å². The minimum absolute atomic E-state index is 0.0623. The Morgan fingerprint density at radius 2 is 1.71 bits per heavy atom. The molecule has 5 nitrogen and oxygen atoms in total. The van der Waals surface area contributed by atoms with Crippen molar-refractivity contribution >= 4 is 22.7 Å². The number of para-hydroxylation sites is 1. The molecular formula is C24H22FNO4S. The van der Waals surface area contributed by atoms with Crippen LogP contribution in [-0.2, 0) is 0 Å². The van der Waals surface area contributed by atoms with Gasteiger partial charge in [0.25, 0.3) is 5.24 Å². The number of hydrogen-bond donors (Lipinski definition) is 3. The highest BCUT2D eigenvalue weighted by Gasteiger charge is 2.43. The Hall–Kier alpha value is -3.03. The number of benzene rings is 3. The van der Waals surface area contributed by atoms with Crippen LogP contribution in [0.25, 0.3) is 0 Å². The quantitative estimate of drug-likeness (QED) is 0.470. The number of nitrogens with zero attached hydrogens (tertiary/aromatic N) is 1. The minimum Gasteiger partial charge on any atom is -0.508 e. The standard InChI is InChI=1S/C24H22FNO4S/c25-16-8-6-15(7-9-16)20(28)12-13-22-23(19-11-10-18(27)14-21(19)29)26(24(30)31-22)17-4-2-1-3-5-17/h1-11,14,20,22-23,27-29H,12-13H2/t20-,22-,23+/m0/s1. The third-order valence-corrected chi connectivity index (χ3v) is 6.62. The lowest BCUT2D eigenvalue weighted by Crippen LogP contribution is -2.29. The lowest BCUT2D eigenvalue weighted by Gasteiger charge is -2.28. The first kappa shape index (κ1) is 21.2. The van der Waals surface area contributed by atoms with Crippen LogP contribution in [0.4, 0.5) is 14.9 Å². The van der Waals surface area contributed by atoms with E-state index in [1.165, 1.54) is 36.0 Å². The smallest absolute Gasteiger partial charge is 0.287 e. The van der Waals surface area contributed by atoms with Crippen molar-refractivity contribution in [3.63, 3.8) is 0 Å². The molecule has 3 aromatic carbocycles. The zero-order valence-corrected chi connectivity index (χ0v) is 17.4. The van der Waals surface area contributed by atoms with Gasteiger partial charge < -0.3 is 15.3 Å². The second-order valence-electron chi connectivity index (χ2n) is 7.46. The lowest BCUT2D eigenvalue weighted by molar-refractivity contribution is 0.163. The molecule has 1 amide bonds. The van der Waals surface area contributed by atoms with Gasteiger partial charge in [-0.05, 0) is 54.8 Å². The van der Waals surface area contributed by atoms with E-state index in [0.29, 0.717) is 29.7 Å². The highest BCUT2D eigenvalue weighted by atomic mass is 32.2. The number of rotatable bonds is 6. The van der Waals surface area contributed by atoms with Crippen molar-refractivity contribution in [3.05, 3.63) is 89.7 Å². The summed E-state index contributed by atoms with van der Waals surface area (Å²) in [5, 5.41) is 30.4. The number of hydrogen-bond acceptors (Lipinski definition) is 5. The van der Waals surface area contributed by atoms with E-state index in [4.69, 9.17) is 0 Å². The second kappa shape index (κ2) is 8.99. The third kappa shape index (κ3) is 4.52. The first-order valence-electron chi connectivity index (χ1n) is 9.94. The number of phenols is 2. The van der Waals surface area contributed by atoms with Gasteiger partial charge in [0.2, 0.25) is 0 Å². The Labute approximate surface area is 183 Å². The number of amides is 1. The fourth-order valence-electron chi connectivity index (χ4n) is 3.90. The number of aromatic hydroxyl groups is 2. The van der Waals surface area contributed by atoms with Gasteiger partial charge in [-0.2, -0.15) is 0 Å². The number of phenolic OH excluding ortho intramolecular Hbond substituents is 2. The molecule has 0 spiro atoms. The van der Waals surface area contributed by atoms with Gasteiger partial charge in [-0.15, -0.1) is 0 Å². The van der Waals surface area contributed by atoms with Gasteiger partial charge in [0.05, 0.1) is 12.1 Å². The SMILES string of the molecule is O=C1S[C@@H](CC[C@H](O)c2ccc(F)cc2)[C@@H](c2ccc(O)cc2O)N1c1ccccc1. The van der Waals surface area contributed by atoms with Crippen molar-refractivity contribution in [2.45, 2.75) is 30.2 Å². The number of thioether (sulfide) groups is 1. The molecule has 3 aromatic rings. The summed E-state index contributed by atoms with van der Waals surface area (Å²) >= 11 is 1.17. The molecule has 3 atom stereocenters. The predicted molar refractivity (Wildman–Crippen MR) is 119 cm³/mol. The molecule has 1 aliphatic rings. The van der Waals surface area contributed by atoms with Crippen LogP contribution >= 0.6 is 11.8 Å². The Morgan fingerprint density at radius 3 is 2.39 bits per heavy atom. The molecule has 1 aliphatic heterocycles. The molecule has 0 aromatic heterocycles. The molecule has 0 bridgehead atoms. The summed E-state index contributed by atoms with van der Waals surface area (Å²) in [6.45, 7) is 0. The average molecular weight is 440 g/mol. The van der Waals surface area contributed by atoms with Gasteiger partial charge in [0.15, 0.2) is 0 Å². The number of anilines is 1. The number of aliphatic hydroxyl groups is 1. The number of halogens is 1. The molecular weight excluding hydrogens is 417 g/mol. The summed E-state index contributed by atoms with van der Waals surface area (Å²) in [5.41, 5.74) is 1.85. The Bertz CT molecular complexity index is 1060. The van der Waals surface area contributed by atoms with E-state index in [-0.39, 0.29) is 27.8 Å². The van der Waals surface area contributed by atoms with Gasteiger partial charge in [0.1, 0.15) is 17.3 Å². The number of carbonyl (C=O) groups excluding carboxylic acids is 1. The Kier molecular flexibility index (Phi) is 6.15.